The Bertz CT molecular complexity index is 1320. The van der Waals surface area contributed by atoms with Crippen molar-refractivity contribution in [3.63, 3.8) is 0 Å². The Kier molecular flexibility index (Phi) is 6.93. The molecule has 184 valence electrons. The van der Waals surface area contributed by atoms with Gasteiger partial charge >= 0.3 is 5.97 Å². The van der Waals surface area contributed by atoms with E-state index in [0.29, 0.717) is 23.1 Å². The molecular weight excluding hydrogens is 480 g/mol. The second kappa shape index (κ2) is 10.1. The van der Waals surface area contributed by atoms with Crippen molar-refractivity contribution in [3.05, 3.63) is 51.7 Å². The smallest absolute Gasteiger partial charge is 0.348 e. The lowest BCUT2D eigenvalue weighted by atomic mass is 10.0. The Morgan fingerprint density at radius 2 is 2.03 bits per heavy atom. The van der Waals surface area contributed by atoms with Crippen molar-refractivity contribution in [2.24, 2.45) is 0 Å². The third kappa shape index (κ3) is 4.86. The van der Waals surface area contributed by atoms with Crippen LogP contribution in [0.2, 0.25) is 0 Å². The number of carboxylic acid groups (broad SMARTS) is 1. The highest BCUT2D eigenvalue weighted by atomic mass is 32.1. The van der Waals surface area contributed by atoms with E-state index in [1.165, 1.54) is 10.1 Å². The molecule has 0 spiro atoms. The zero-order chi connectivity index (χ0) is 24.5. The molecule has 1 unspecified atom stereocenters. The quantitative estimate of drug-likeness (QED) is 0.263. The van der Waals surface area contributed by atoms with Crippen molar-refractivity contribution in [2.45, 2.75) is 44.8 Å². The first-order valence-corrected chi connectivity index (χ1v) is 13.7. The molecule has 1 aromatic carbocycles. The van der Waals surface area contributed by atoms with Crippen molar-refractivity contribution in [1.29, 1.82) is 0 Å². The molecule has 0 amide bonds. The number of nitrogens with two attached hydrogens (primary N) is 1. The zero-order valence-electron chi connectivity index (χ0n) is 19.7. The Morgan fingerprint density at radius 1 is 1.26 bits per heavy atom. The molecule has 4 heterocycles. The number of nitrogens with one attached hydrogen (secondary N) is 1. The van der Waals surface area contributed by atoms with Gasteiger partial charge in [0.25, 0.3) is 0 Å². The minimum absolute atomic E-state index is 0.169. The van der Waals surface area contributed by atoms with Crippen LogP contribution in [-0.4, -0.2) is 46.8 Å². The lowest BCUT2D eigenvalue weighted by molar-refractivity contribution is 0.0703. The van der Waals surface area contributed by atoms with E-state index in [4.69, 9.17) is 10.7 Å². The Labute approximate surface area is 212 Å². The van der Waals surface area contributed by atoms with E-state index in [0.717, 1.165) is 71.8 Å². The van der Waals surface area contributed by atoms with E-state index in [1.54, 1.807) is 11.3 Å². The molecule has 3 aromatic heterocycles. The van der Waals surface area contributed by atoms with Crippen LogP contribution in [0.5, 0.6) is 0 Å². The van der Waals surface area contributed by atoms with Gasteiger partial charge in [-0.2, -0.15) is 0 Å². The van der Waals surface area contributed by atoms with Gasteiger partial charge < -0.3 is 26.2 Å². The number of aryl methyl sites for hydroxylation is 1. The monoisotopic (exact) mass is 510 g/mol. The van der Waals surface area contributed by atoms with Crippen molar-refractivity contribution >= 4 is 60.5 Å². The van der Waals surface area contributed by atoms with Crippen LogP contribution in [0.3, 0.4) is 0 Å². The van der Waals surface area contributed by atoms with Crippen LogP contribution in [0.25, 0.3) is 20.3 Å². The molecule has 35 heavy (non-hydrogen) atoms. The number of nitrogen functional groups attached to an aromatic ring is 1. The van der Waals surface area contributed by atoms with Crippen molar-refractivity contribution in [2.75, 3.05) is 30.3 Å². The topological polar surface area (TPSA) is 112 Å². The summed E-state index contributed by atoms with van der Waals surface area (Å²) in [5.41, 5.74) is 7.59. The molecule has 0 radical (unpaired) electrons. The third-order valence-corrected chi connectivity index (χ3v) is 8.98. The number of carbonyl (C=O) groups is 1. The third-order valence-electron chi connectivity index (χ3n) is 6.67. The highest BCUT2D eigenvalue weighted by molar-refractivity contribution is 7.21. The number of aliphatic hydroxyl groups is 1. The summed E-state index contributed by atoms with van der Waals surface area (Å²) in [4.78, 5) is 20.5. The van der Waals surface area contributed by atoms with Gasteiger partial charge in [-0.15, -0.1) is 22.7 Å². The van der Waals surface area contributed by atoms with Crippen molar-refractivity contribution < 1.29 is 15.0 Å². The first kappa shape index (κ1) is 24.0. The van der Waals surface area contributed by atoms with Gasteiger partial charge in [-0.05, 0) is 48.4 Å². The van der Waals surface area contributed by atoms with E-state index >= 15 is 0 Å². The molecule has 1 fully saturated rings. The fraction of sp³-hybridized carbons (Fsp3) is 0.385. The summed E-state index contributed by atoms with van der Waals surface area (Å²) in [6.45, 7) is 4.35. The minimum atomic E-state index is -1.00. The van der Waals surface area contributed by atoms with Crippen LogP contribution in [0.1, 0.15) is 52.4 Å². The summed E-state index contributed by atoms with van der Waals surface area (Å²) in [7, 11) is 0. The van der Waals surface area contributed by atoms with Crippen molar-refractivity contribution in [3.8, 4) is 0 Å². The van der Waals surface area contributed by atoms with Gasteiger partial charge in [-0.3, -0.25) is 0 Å². The number of aliphatic hydroxyl groups excluding tert-OH is 1. The van der Waals surface area contributed by atoms with Crippen LogP contribution >= 0.6 is 22.7 Å². The number of carboxylic acids is 1. The maximum atomic E-state index is 11.6. The summed E-state index contributed by atoms with van der Waals surface area (Å²) in [6.07, 6.45) is 3.17. The molecule has 0 bridgehead atoms. The maximum absolute atomic E-state index is 11.6. The van der Waals surface area contributed by atoms with Crippen LogP contribution in [0.4, 0.5) is 11.5 Å². The van der Waals surface area contributed by atoms with Crippen LogP contribution in [0.15, 0.2) is 36.4 Å². The highest BCUT2D eigenvalue weighted by Gasteiger charge is 2.24. The number of hydrogen-bond acceptors (Lipinski definition) is 8. The molecule has 1 aliphatic rings. The second-order valence-corrected chi connectivity index (χ2v) is 11.2. The highest BCUT2D eigenvalue weighted by Crippen LogP contribution is 2.38. The number of pyridine rings is 1. The van der Waals surface area contributed by atoms with Gasteiger partial charge in [0.05, 0.1) is 5.69 Å². The Balaban J connectivity index is 1.24. The molecule has 7 nitrogen and oxygen atoms in total. The Hall–Kier alpha value is -2.72. The maximum Gasteiger partial charge on any atom is 0.348 e. The van der Waals surface area contributed by atoms with Gasteiger partial charge in [0.1, 0.15) is 21.6 Å². The number of aromatic carboxylic acids is 1. The fourth-order valence-electron chi connectivity index (χ4n) is 4.83. The zero-order valence-corrected chi connectivity index (χ0v) is 21.3. The number of anilines is 2. The van der Waals surface area contributed by atoms with Crippen molar-refractivity contribution in [1.82, 2.24) is 10.3 Å². The summed E-state index contributed by atoms with van der Waals surface area (Å²) < 4.78 is 1.20. The first-order valence-electron chi connectivity index (χ1n) is 12.0. The molecule has 9 heteroatoms. The van der Waals surface area contributed by atoms with E-state index in [9.17, 15) is 15.0 Å². The molecule has 1 aliphatic heterocycles. The van der Waals surface area contributed by atoms with E-state index < -0.39 is 12.1 Å². The lowest BCUT2D eigenvalue weighted by Crippen LogP contribution is -2.43. The van der Waals surface area contributed by atoms with Gasteiger partial charge in [-0.1, -0.05) is 31.5 Å². The normalized spacial score (nSPS) is 15.8. The molecule has 5 N–H and O–H groups in total. The van der Waals surface area contributed by atoms with Crippen LogP contribution in [-0.2, 0) is 6.42 Å². The molecular formula is C26H30N4O3S2. The predicted molar refractivity (Wildman–Crippen MR) is 145 cm³/mol. The number of aromatic nitrogens is 1. The molecule has 1 saturated heterocycles. The summed E-state index contributed by atoms with van der Waals surface area (Å²) >= 11 is 2.81. The van der Waals surface area contributed by atoms with Gasteiger partial charge in [0.15, 0.2) is 0 Å². The largest absolute Gasteiger partial charge is 0.477 e. The van der Waals surface area contributed by atoms with Gasteiger partial charge in [-0.25, -0.2) is 9.78 Å². The molecule has 0 aliphatic carbocycles. The minimum Gasteiger partial charge on any atom is -0.477 e. The van der Waals surface area contributed by atoms with E-state index in [1.807, 2.05) is 12.1 Å². The number of benzene rings is 1. The SMILES string of the molecule is CCCc1cc(N2CCC(NCC(O)c3cc4ccccc4s3)CC2)nc2sc(C(=O)O)c(N)c12. The molecule has 0 saturated carbocycles. The lowest BCUT2D eigenvalue weighted by Gasteiger charge is -2.34. The number of piperidine rings is 1. The standard InChI is InChI=1S/C26H30N4O3S2/c1-2-5-16-13-21(29-25-22(16)23(27)24(35-25)26(32)33)30-10-8-17(9-11-30)28-14-18(31)20-12-15-6-3-4-7-19(15)34-20/h3-4,6-7,12-13,17-18,28,31H,2,5,8-11,14,27H2,1H3,(H,32,33). The summed E-state index contributed by atoms with van der Waals surface area (Å²) in [5.74, 6) is -0.109. The predicted octanol–water partition coefficient (Wildman–Crippen LogP) is 5.04. The molecule has 5 rings (SSSR count). The number of fused-ring (bicyclic) bond motifs is 2. The fourth-order valence-corrected chi connectivity index (χ4v) is 6.86. The van der Waals surface area contributed by atoms with Crippen LogP contribution < -0.4 is 16.0 Å². The first-order chi connectivity index (χ1) is 16.9. The number of thiophene rings is 2. The number of nitrogens with zero attached hydrogens (tertiary/aromatic N) is 2. The average Bonchev–Trinajstić information content (AvgIpc) is 3.44. The van der Waals surface area contributed by atoms with Gasteiger partial charge in [0, 0.05) is 40.6 Å². The molecule has 1 atom stereocenters. The summed E-state index contributed by atoms with van der Waals surface area (Å²) in [5, 5.41) is 25.7. The molecule has 4 aromatic rings. The number of rotatable bonds is 8. The average molecular weight is 511 g/mol. The van der Waals surface area contributed by atoms with E-state index in [-0.39, 0.29) is 4.88 Å². The number of hydrogen-bond donors (Lipinski definition) is 4. The van der Waals surface area contributed by atoms with E-state index in [2.05, 4.69) is 41.4 Å². The van der Waals surface area contributed by atoms with Crippen LogP contribution in [0, 0.1) is 0 Å². The van der Waals surface area contributed by atoms with Gasteiger partial charge in [0.2, 0.25) is 0 Å². The summed E-state index contributed by atoms with van der Waals surface area (Å²) in [6, 6.07) is 12.7. The second-order valence-electron chi connectivity index (χ2n) is 9.09. The Morgan fingerprint density at radius 3 is 2.74 bits per heavy atom.